The molecular weight excluding hydrogens is 466 g/mol. The maximum Gasteiger partial charge on any atom is 0.261 e. The predicted octanol–water partition coefficient (Wildman–Crippen LogP) is 6.63. The summed E-state index contributed by atoms with van der Waals surface area (Å²) in [7, 11) is -0.132. The number of carbonyl (C=O) groups excluding carboxylic acids is 1. The second-order valence-electron chi connectivity index (χ2n) is 12.7. The molecule has 0 bridgehead atoms. The number of rotatable bonds is 8. The zero-order valence-corrected chi connectivity index (χ0v) is 24.7. The Morgan fingerprint density at radius 1 is 1.14 bits per heavy atom. The van der Waals surface area contributed by atoms with Crippen LogP contribution >= 0.6 is 0 Å². The summed E-state index contributed by atoms with van der Waals surface area (Å²) in [4.78, 5) is 22.7. The number of methoxy groups -OCH3 is 1. The first-order valence-electron chi connectivity index (χ1n) is 13.0. The second kappa shape index (κ2) is 10.9. The topological polar surface area (TPSA) is 54.9 Å². The first-order valence-corrected chi connectivity index (χ1v) is 15.9. The van der Waals surface area contributed by atoms with E-state index < -0.39 is 8.32 Å². The fraction of sp³-hybridized carbons (Fsp3) is 0.586. The predicted molar refractivity (Wildman–Crippen MR) is 152 cm³/mol. The number of hydrogen-bond donors (Lipinski definition) is 0. The lowest BCUT2D eigenvalue weighted by Gasteiger charge is -2.37. The maximum atomic E-state index is 14.0. The number of carbonyl (C=O) groups is 1. The number of ether oxygens (including phenoxy) is 1. The van der Waals surface area contributed by atoms with Crippen LogP contribution in [0.25, 0.3) is 0 Å². The molecular formula is C29H45N3O3Si. The van der Waals surface area contributed by atoms with Crippen LogP contribution in [0, 0.1) is 11.3 Å². The Hall–Kier alpha value is -2.38. The highest BCUT2D eigenvalue weighted by molar-refractivity contribution is 6.74. The molecule has 1 amide bonds. The van der Waals surface area contributed by atoms with Crippen LogP contribution in [0.2, 0.25) is 18.1 Å². The largest absolute Gasteiger partial charge is 0.497 e. The maximum absolute atomic E-state index is 14.0. The summed E-state index contributed by atoms with van der Waals surface area (Å²) in [5.41, 5.74) is 1.51. The summed E-state index contributed by atoms with van der Waals surface area (Å²) in [6, 6.07) is 11.5. The van der Waals surface area contributed by atoms with E-state index in [1.54, 1.807) is 18.2 Å². The molecule has 1 saturated heterocycles. The number of nitrogens with zero attached hydrogens (tertiary/aromatic N) is 3. The zero-order chi connectivity index (χ0) is 26.7. The minimum absolute atomic E-state index is 0.0396. The van der Waals surface area contributed by atoms with E-state index in [0.29, 0.717) is 23.8 Å². The van der Waals surface area contributed by atoms with Gasteiger partial charge in [0.2, 0.25) is 0 Å². The van der Waals surface area contributed by atoms with Crippen molar-refractivity contribution in [2.45, 2.75) is 66.1 Å². The number of pyridine rings is 1. The van der Waals surface area contributed by atoms with E-state index in [1.165, 1.54) is 0 Å². The highest BCUT2D eigenvalue weighted by Crippen LogP contribution is 2.38. The quantitative estimate of drug-likeness (QED) is 0.372. The summed E-state index contributed by atoms with van der Waals surface area (Å²) in [5.74, 6) is 1.82. The third-order valence-corrected chi connectivity index (χ3v) is 11.9. The lowest BCUT2D eigenvalue weighted by Crippen LogP contribution is -2.42. The molecule has 0 N–H and O–H groups in total. The molecule has 1 aromatic heterocycles. The molecule has 198 valence electrons. The third-order valence-electron chi connectivity index (χ3n) is 7.35. The molecule has 0 spiro atoms. The summed E-state index contributed by atoms with van der Waals surface area (Å²) in [6.45, 7) is 20.9. The van der Waals surface area contributed by atoms with Gasteiger partial charge in [-0.15, -0.1) is 0 Å². The zero-order valence-electron chi connectivity index (χ0n) is 23.7. The van der Waals surface area contributed by atoms with Gasteiger partial charge in [-0.25, -0.2) is 4.98 Å². The van der Waals surface area contributed by atoms with Crippen molar-refractivity contribution < 1.29 is 14.0 Å². The number of aromatic nitrogens is 1. The summed E-state index contributed by atoms with van der Waals surface area (Å²) < 4.78 is 12.1. The van der Waals surface area contributed by atoms with Gasteiger partial charge in [-0.05, 0) is 54.2 Å². The van der Waals surface area contributed by atoms with Gasteiger partial charge in [0.05, 0.1) is 18.4 Å². The molecule has 7 heteroatoms. The SMILES string of the molecule is COc1ccc(C(=O)N(CC(C)(C)C)c2ccccn2)c(N2CCC(CO[Si](C)(C)C(C)(C)C)C2)c1. The molecule has 6 nitrogen and oxygen atoms in total. The van der Waals surface area contributed by atoms with Crippen molar-refractivity contribution in [2.75, 3.05) is 43.2 Å². The first kappa shape index (κ1) is 28.2. The van der Waals surface area contributed by atoms with Crippen LogP contribution in [0.4, 0.5) is 11.5 Å². The fourth-order valence-corrected chi connectivity index (χ4v) is 5.29. The van der Waals surface area contributed by atoms with Gasteiger partial charge >= 0.3 is 0 Å². The molecule has 2 heterocycles. The van der Waals surface area contributed by atoms with Gasteiger partial charge in [0.15, 0.2) is 8.32 Å². The highest BCUT2D eigenvalue weighted by Gasteiger charge is 2.38. The summed E-state index contributed by atoms with van der Waals surface area (Å²) in [5, 5.41) is 0.194. The van der Waals surface area contributed by atoms with Gasteiger partial charge in [-0.3, -0.25) is 9.69 Å². The number of amides is 1. The van der Waals surface area contributed by atoms with Gasteiger partial charge in [-0.2, -0.15) is 0 Å². The van der Waals surface area contributed by atoms with Crippen molar-refractivity contribution in [3.63, 3.8) is 0 Å². The molecule has 0 saturated carbocycles. The first-order chi connectivity index (χ1) is 16.7. The Labute approximate surface area is 219 Å². The van der Waals surface area contributed by atoms with Gasteiger partial charge in [0.25, 0.3) is 5.91 Å². The number of benzene rings is 1. The molecule has 0 aliphatic carbocycles. The van der Waals surface area contributed by atoms with Crippen LogP contribution in [0.5, 0.6) is 5.75 Å². The van der Waals surface area contributed by atoms with Crippen molar-refractivity contribution in [1.29, 1.82) is 0 Å². The van der Waals surface area contributed by atoms with Crippen LogP contribution < -0.4 is 14.5 Å². The van der Waals surface area contributed by atoms with E-state index in [4.69, 9.17) is 9.16 Å². The van der Waals surface area contributed by atoms with Crippen molar-refractivity contribution >= 4 is 25.7 Å². The van der Waals surface area contributed by atoms with E-state index in [0.717, 1.165) is 37.6 Å². The molecule has 1 aromatic carbocycles. The van der Waals surface area contributed by atoms with E-state index in [-0.39, 0.29) is 16.4 Å². The molecule has 1 atom stereocenters. The normalized spacial score (nSPS) is 16.8. The molecule has 0 radical (unpaired) electrons. The van der Waals surface area contributed by atoms with E-state index in [9.17, 15) is 4.79 Å². The second-order valence-corrected chi connectivity index (χ2v) is 17.5. The monoisotopic (exact) mass is 511 g/mol. The van der Waals surface area contributed by atoms with Crippen LogP contribution in [0.3, 0.4) is 0 Å². The lowest BCUT2D eigenvalue weighted by molar-refractivity contribution is 0.0977. The molecule has 1 fully saturated rings. The van der Waals surface area contributed by atoms with E-state index in [2.05, 4.69) is 64.5 Å². The molecule has 1 unspecified atom stereocenters. The highest BCUT2D eigenvalue weighted by atomic mass is 28.4. The Bertz CT molecular complexity index is 1030. The fourth-order valence-electron chi connectivity index (χ4n) is 4.20. The number of hydrogen-bond acceptors (Lipinski definition) is 5. The Morgan fingerprint density at radius 3 is 2.44 bits per heavy atom. The van der Waals surface area contributed by atoms with Crippen molar-refractivity contribution in [3.05, 3.63) is 48.2 Å². The van der Waals surface area contributed by atoms with Crippen molar-refractivity contribution in [3.8, 4) is 5.75 Å². The Kier molecular flexibility index (Phi) is 8.56. The van der Waals surface area contributed by atoms with Gasteiger partial charge in [0.1, 0.15) is 11.6 Å². The Balaban J connectivity index is 1.87. The van der Waals surface area contributed by atoms with E-state index >= 15 is 0 Å². The van der Waals surface area contributed by atoms with Crippen molar-refractivity contribution in [1.82, 2.24) is 4.98 Å². The molecule has 3 rings (SSSR count). The summed E-state index contributed by atoms with van der Waals surface area (Å²) in [6.07, 6.45) is 2.78. The van der Waals surface area contributed by atoms with Crippen molar-refractivity contribution in [2.24, 2.45) is 11.3 Å². The van der Waals surface area contributed by atoms with Crippen LogP contribution in [0.1, 0.15) is 58.3 Å². The standard InChI is InChI=1S/C29H45N3O3Si/c1-28(2,3)21-32(26-12-10-11-16-30-26)27(33)24-14-13-23(34-7)18-25(24)31-17-15-22(19-31)20-35-36(8,9)29(4,5)6/h10-14,16,18,22H,15,17,19-21H2,1-9H3. The van der Waals surface area contributed by atoms with Crippen LogP contribution in [-0.4, -0.2) is 52.6 Å². The molecule has 1 aliphatic heterocycles. The Morgan fingerprint density at radius 2 is 1.86 bits per heavy atom. The lowest BCUT2D eigenvalue weighted by atomic mass is 9.95. The third kappa shape index (κ3) is 6.88. The number of anilines is 2. The van der Waals surface area contributed by atoms with E-state index in [1.807, 2.05) is 36.4 Å². The summed E-state index contributed by atoms with van der Waals surface area (Å²) >= 11 is 0. The minimum Gasteiger partial charge on any atom is -0.497 e. The smallest absolute Gasteiger partial charge is 0.261 e. The van der Waals surface area contributed by atoms with Gasteiger partial charge in [-0.1, -0.05) is 47.6 Å². The van der Waals surface area contributed by atoms with Crippen LogP contribution in [-0.2, 0) is 4.43 Å². The molecule has 36 heavy (non-hydrogen) atoms. The average molecular weight is 512 g/mol. The van der Waals surface area contributed by atoms with Gasteiger partial charge < -0.3 is 14.1 Å². The van der Waals surface area contributed by atoms with Crippen LogP contribution in [0.15, 0.2) is 42.6 Å². The van der Waals surface area contributed by atoms with Gasteiger partial charge in [0, 0.05) is 44.4 Å². The average Bonchev–Trinajstić information content (AvgIpc) is 3.29. The molecule has 1 aliphatic rings. The minimum atomic E-state index is -1.80. The molecule has 2 aromatic rings.